The van der Waals surface area contributed by atoms with Crippen LogP contribution in [0.1, 0.15) is 11.1 Å². The van der Waals surface area contributed by atoms with Gasteiger partial charge in [0.1, 0.15) is 0 Å². The zero-order valence-corrected chi connectivity index (χ0v) is 15.2. The SMILES string of the molecule is CNC(=O)Cc1ccc(NC(=S)NC(=O)Cc2ccc(Cl)cc2)cc1. The molecule has 0 saturated carbocycles. The number of thiocarbonyl (C=S) groups is 1. The van der Waals surface area contributed by atoms with Crippen LogP contribution in [0.15, 0.2) is 48.5 Å². The molecule has 7 heteroatoms. The standard InChI is InChI=1S/C18H18ClN3O2S/c1-20-16(23)10-13-4-8-15(9-5-13)21-18(25)22-17(24)11-12-2-6-14(19)7-3-12/h2-9H,10-11H2,1H3,(H,20,23)(H2,21,22,24,25). The van der Waals surface area contributed by atoms with Crippen molar-refractivity contribution < 1.29 is 9.59 Å². The first kappa shape index (κ1) is 18.9. The molecule has 0 unspecified atom stereocenters. The van der Waals surface area contributed by atoms with Crippen molar-refractivity contribution in [1.82, 2.24) is 10.6 Å². The Morgan fingerprint density at radius 3 is 2.00 bits per heavy atom. The highest BCUT2D eigenvalue weighted by Crippen LogP contribution is 2.11. The third-order valence-corrected chi connectivity index (χ3v) is 3.84. The van der Waals surface area contributed by atoms with E-state index >= 15 is 0 Å². The van der Waals surface area contributed by atoms with Crippen LogP contribution in [0, 0.1) is 0 Å². The molecule has 0 spiro atoms. The van der Waals surface area contributed by atoms with Gasteiger partial charge in [0.05, 0.1) is 12.8 Å². The number of anilines is 1. The van der Waals surface area contributed by atoms with E-state index < -0.39 is 0 Å². The summed E-state index contributed by atoms with van der Waals surface area (Å²) < 4.78 is 0. The van der Waals surface area contributed by atoms with Gasteiger partial charge in [-0.05, 0) is 47.6 Å². The molecule has 130 valence electrons. The van der Waals surface area contributed by atoms with Crippen LogP contribution in [-0.2, 0) is 22.4 Å². The molecule has 0 saturated heterocycles. The van der Waals surface area contributed by atoms with Crippen molar-refractivity contribution in [2.75, 3.05) is 12.4 Å². The van der Waals surface area contributed by atoms with Gasteiger partial charge in [0.25, 0.3) is 0 Å². The van der Waals surface area contributed by atoms with E-state index in [-0.39, 0.29) is 23.3 Å². The number of rotatable bonds is 5. The Morgan fingerprint density at radius 1 is 0.920 bits per heavy atom. The number of hydrogen-bond acceptors (Lipinski definition) is 3. The molecule has 0 radical (unpaired) electrons. The van der Waals surface area contributed by atoms with E-state index in [0.717, 1.165) is 16.8 Å². The minimum Gasteiger partial charge on any atom is -0.359 e. The average Bonchev–Trinajstić information content (AvgIpc) is 2.58. The van der Waals surface area contributed by atoms with Crippen LogP contribution in [0.2, 0.25) is 5.02 Å². The van der Waals surface area contributed by atoms with Crippen molar-refractivity contribution in [3.63, 3.8) is 0 Å². The molecule has 2 amide bonds. The Bertz CT molecular complexity index is 761. The predicted octanol–water partition coefficient (Wildman–Crippen LogP) is 2.68. The zero-order valence-electron chi connectivity index (χ0n) is 13.6. The summed E-state index contributed by atoms with van der Waals surface area (Å²) in [5.41, 5.74) is 2.48. The molecule has 0 aliphatic carbocycles. The molecule has 2 rings (SSSR count). The molecule has 5 nitrogen and oxygen atoms in total. The van der Waals surface area contributed by atoms with Crippen molar-refractivity contribution in [3.8, 4) is 0 Å². The van der Waals surface area contributed by atoms with Gasteiger partial charge >= 0.3 is 0 Å². The fraction of sp³-hybridized carbons (Fsp3) is 0.167. The Hall–Kier alpha value is -2.44. The van der Waals surface area contributed by atoms with Gasteiger partial charge in [-0.15, -0.1) is 0 Å². The summed E-state index contributed by atoms with van der Waals surface area (Å²) in [7, 11) is 1.60. The lowest BCUT2D eigenvalue weighted by atomic mass is 10.1. The molecule has 3 N–H and O–H groups in total. The molecule has 0 aliphatic heterocycles. The lowest BCUT2D eigenvalue weighted by Gasteiger charge is -2.10. The molecule has 0 bridgehead atoms. The molecule has 0 aromatic heterocycles. The number of carbonyl (C=O) groups excluding carboxylic acids is 2. The Morgan fingerprint density at radius 2 is 1.44 bits per heavy atom. The Kier molecular flexibility index (Phi) is 6.91. The number of likely N-dealkylation sites (N-methyl/N-ethyl adjacent to an activating group) is 1. The third kappa shape index (κ3) is 6.52. The van der Waals surface area contributed by atoms with Gasteiger partial charge in [0.2, 0.25) is 11.8 Å². The first-order valence-corrected chi connectivity index (χ1v) is 8.39. The van der Waals surface area contributed by atoms with Crippen molar-refractivity contribution in [1.29, 1.82) is 0 Å². The maximum Gasteiger partial charge on any atom is 0.230 e. The van der Waals surface area contributed by atoms with E-state index in [1.54, 1.807) is 43.4 Å². The van der Waals surface area contributed by atoms with Crippen molar-refractivity contribution in [2.45, 2.75) is 12.8 Å². The maximum absolute atomic E-state index is 12.0. The molecule has 0 aliphatic rings. The van der Waals surface area contributed by atoms with E-state index in [2.05, 4.69) is 16.0 Å². The fourth-order valence-corrected chi connectivity index (χ4v) is 2.46. The van der Waals surface area contributed by atoms with Crippen LogP contribution in [0.3, 0.4) is 0 Å². The molecular weight excluding hydrogens is 358 g/mol. The summed E-state index contributed by atoms with van der Waals surface area (Å²) in [5, 5.41) is 8.99. The summed E-state index contributed by atoms with van der Waals surface area (Å²) in [5.74, 6) is -0.262. The molecule has 0 atom stereocenters. The van der Waals surface area contributed by atoms with Crippen molar-refractivity contribution in [2.24, 2.45) is 0 Å². The van der Waals surface area contributed by atoms with Gasteiger partial charge in [-0.25, -0.2) is 0 Å². The van der Waals surface area contributed by atoms with Crippen LogP contribution in [0.5, 0.6) is 0 Å². The summed E-state index contributed by atoms with van der Waals surface area (Å²) in [6.07, 6.45) is 0.531. The molecule has 0 fully saturated rings. The largest absolute Gasteiger partial charge is 0.359 e. The molecule has 2 aromatic carbocycles. The van der Waals surface area contributed by atoms with Crippen LogP contribution in [-0.4, -0.2) is 24.0 Å². The molecule has 0 heterocycles. The average molecular weight is 376 g/mol. The van der Waals surface area contributed by atoms with E-state index in [4.69, 9.17) is 23.8 Å². The molecule has 25 heavy (non-hydrogen) atoms. The highest BCUT2D eigenvalue weighted by Gasteiger charge is 2.07. The summed E-state index contributed by atoms with van der Waals surface area (Å²) in [6, 6.07) is 14.3. The van der Waals surface area contributed by atoms with E-state index in [1.807, 2.05) is 12.1 Å². The summed E-state index contributed by atoms with van der Waals surface area (Å²) >= 11 is 11.0. The smallest absolute Gasteiger partial charge is 0.230 e. The molecule has 2 aromatic rings. The van der Waals surface area contributed by atoms with Crippen LogP contribution >= 0.6 is 23.8 Å². The zero-order chi connectivity index (χ0) is 18.2. The summed E-state index contributed by atoms with van der Waals surface area (Å²) in [4.78, 5) is 23.3. The van der Waals surface area contributed by atoms with Gasteiger partial charge in [-0.2, -0.15) is 0 Å². The first-order valence-electron chi connectivity index (χ1n) is 7.61. The lowest BCUT2D eigenvalue weighted by molar-refractivity contribution is -0.120. The Balaban J connectivity index is 1.83. The van der Waals surface area contributed by atoms with E-state index in [1.165, 1.54) is 0 Å². The van der Waals surface area contributed by atoms with Crippen LogP contribution in [0.25, 0.3) is 0 Å². The molecular formula is C18H18ClN3O2S. The summed E-state index contributed by atoms with van der Waals surface area (Å²) in [6.45, 7) is 0. The topological polar surface area (TPSA) is 70.2 Å². The second kappa shape index (κ2) is 9.15. The van der Waals surface area contributed by atoms with E-state index in [0.29, 0.717) is 11.4 Å². The monoisotopic (exact) mass is 375 g/mol. The predicted molar refractivity (Wildman–Crippen MR) is 104 cm³/mol. The van der Waals surface area contributed by atoms with Gasteiger partial charge in [-0.1, -0.05) is 35.9 Å². The van der Waals surface area contributed by atoms with Gasteiger partial charge in [0.15, 0.2) is 5.11 Å². The highest BCUT2D eigenvalue weighted by molar-refractivity contribution is 7.80. The third-order valence-electron chi connectivity index (χ3n) is 3.39. The number of nitrogens with one attached hydrogen (secondary N) is 3. The minimum absolute atomic E-state index is 0.0503. The highest BCUT2D eigenvalue weighted by atomic mass is 35.5. The van der Waals surface area contributed by atoms with Gasteiger partial charge in [0, 0.05) is 17.8 Å². The van der Waals surface area contributed by atoms with E-state index in [9.17, 15) is 9.59 Å². The maximum atomic E-state index is 12.0. The number of hydrogen-bond donors (Lipinski definition) is 3. The quantitative estimate of drug-likeness (QED) is 0.703. The minimum atomic E-state index is -0.212. The second-order valence-electron chi connectivity index (χ2n) is 5.35. The fourth-order valence-electron chi connectivity index (χ4n) is 2.10. The number of carbonyl (C=O) groups is 2. The van der Waals surface area contributed by atoms with Crippen molar-refractivity contribution in [3.05, 3.63) is 64.7 Å². The number of amides is 2. The number of benzene rings is 2. The number of halogens is 1. The van der Waals surface area contributed by atoms with Gasteiger partial charge < -0.3 is 16.0 Å². The normalized spacial score (nSPS) is 10.0. The first-order chi connectivity index (χ1) is 12.0. The second-order valence-corrected chi connectivity index (χ2v) is 6.20. The van der Waals surface area contributed by atoms with Crippen LogP contribution < -0.4 is 16.0 Å². The Labute approximate surface area is 156 Å². The van der Waals surface area contributed by atoms with Crippen LogP contribution in [0.4, 0.5) is 5.69 Å². The van der Waals surface area contributed by atoms with Gasteiger partial charge in [-0.3, -0.25) is 9.59 Å². The lowest BCUT2D eigenvalue weighted by Crippen LogP contribution is -2.35. The van der Waals surface area contributed by atoms with Crippen molar-refractivity contribution >= 4 is 46.4 Å².